The van der Waals surface area contributed by atoms with Gasteiger partial charge in [0.25, 0.3) is 5.91 Å². The van der Waals surface area contributed by atoms with Gasteiger partial charge in [0.15, 0.2) is 0 Å². The average molecular weight is 249 g/mol. The molecule has 98 valence electrons. The third-order valence-corrected chi connectivity index (χ3v) is 3.73. The van der Waals surface area contributed by atoms with Crippen molar-refractivity contribution in [3.63, 3.8) is 0 Å². The molecule has 0 atom stereocenters. The van der Waals surface area contributed by atoms with Crippen molar-refractivity contribution in [2.24, 2.45) is 11.1 Å². The Bertz CT molecular complexity index is 475. The van der Waals surface area contributed by atoms with Crippen LogP contribution < -0.4 is 16.6 Å². The van der Waals surface area contributed by atoms with Crippen molar-refractivity contribution < 1.29 is 4.79 Å². The first-order valence-corrected chi connectivity index (χ1v) is 6.33. The highest BCUT2D eigenvalue weighted by molar-refractivity contribution is 5.92. The van der Waals surface area contributed by atoms with Gasteiger partial charge in [0.2, 0.25) is 5.56 Å². The second-order valence-corrected chi connectivity index (χ2v) is 5.02. The van der Waals surface area contributed by atoms with Gasteiger partial charge in [-0.05, 0) is 30.9 Å². The highest BCUT2D eigenvalue weighted by Gasteiger charge is 2.32. The maximum Gasteiger partial charge on any atom is 0.267 e. The van der Waals surface area contributed by atoms with Crippen LogP contribution in [0, 0.1) is 5.41 Å². The molecule has 1 heterocycles. The van der Waals surface area contributed by atoms with Crippen LogP contribution >= 0.6 is 0 Å². The second-order valence-electron chi connectivity index (χ2n) is 5.02. The van der Waals surface area contributed by atoms with E-state index in [9.17, 15) is 9.59 Å². The molecule has 0 bridgehead atoms. The number of rotatable bonds is 4. The van der Waals surface area contributed by atoms with Gasteiger partial charge in [-0.3, -0.25) is 9.59 Å². The number of nitrogens with one attached hydrogen (secondary N) is 2. The van der Waals surface area contributed by atoms with Crippen LogP contribution in [-0.2, 0) is 0 Å². The molecule has 0 spiro atoms. The summed E-state index contributed by atoms with van der Waals surface area (Å²) >= 11 is 0. The highest BCUT2D eigenvalue weighted by Crippen LogP contribution is 2.36. The lowest BCUT2D eigenvalue weighted by Gasteiger charge is -2.27. The maximum atomic E-state index is 11.9. The van der Waals surface area contributed by atoms with Gasteiger partial charge >= 0.3 is 0 Å². The summed E-state index contributed by atoms with van der Waals surface area (Å²) in [4.78, 5) is 25.5. The number of amides is 1. The minimum atomic E-state index is -0.267. The third-order valence-electron chi connectivity index (χ3n) is 3.73. The van der Waals surface area contributed by atoms with Gasteiger partial charge in [-0.2, -0.15) is 0 Å². The molecule has 1 amide bonds. The van der Waals surface area contributed by atoms with Gasteiger partial charge in [-0.15, -0.1) is 0 Å². The molecule has 18 heavy (non-hydrogen) atoms. The SMILES string of the molecule is NCC1(CNC(=O)c2cccc(=O)[nH]2)CCCC1. The van der Waals surface area contributed by atoms with Crippen LogP contribution in [0.2, 0.25) is 0 Å². The summed E-state index contributed by atoms with van der Waals surface area (Å²) in [6.07, 6.45) is 4.48. The Morgan fingerprint density at radius 3 is 2.72 bits per heavy atom. The van der Waals surface area contributed by atoms with E-state index in [4.69, 9.17) is 5.73 Å². The summed E-state index contributed by atoms with van der Waals surface area (Å²) in [6, 6.07) is 4.55. The summed E-state index contributed by atoms with van der Waals surface area (Å²) in [7, 11) is 0. The smallest absolute Gasteiger partial charge is 0.267 e. The average Bonchev–Trinajstić information content (AvgIpc) is 2.85. The molecule has 1 aliphatic rings. The van der Waals surface area contributed by atoms with Crippen LogP contribution in [0.15, 0.2) is 23.0 Å². The number of aromatic amines is 1. The number of pyridine rings is 1. The van der Waals surface area contributed by atoms with Crippen molar-refractivity contribution in [3.8, 4) is 0 Å². The van der Waals surface area contributed by atoms with E-state index in [1.807, 2.05) is 0 Å². The molecule has 0 radical (unpaired) electrons. The first-order chi connectivity index (χ1) is 8.65. The van der Waals surface area contributed by atoms with E-state index in [2.05, 4.69) is 10.3 Å². The van der Waals surface area contributed by atoms with Crippen molar-refractivity contribution >= 4 is 5.91 Å². The molecule has 1 fully saturated rings. The third kappa shape index (κ3) is 2.79. The Hall–Kier alpha value is -1.62. The largest absolute Gasteiger partial charge is 0.350 e. The summed E-state index contributed by atoms with van der Waals surface area (Å²) in [5, 5.41) is 2.87. The Labute approximate surface area is 106 Å². The van der Waals surface area contributed by atoms with Gasteiger partial charge in [0, 0.05) is 12.6 Å². The molecule has 0 aliphatic heterocycles. The lowest BCUT2D eigenvalue weighted by Crippen LogP contribution is -2.41. The van der Waals surface area contributed by atoms with E-state index >= 15 is 0 Å². The minimum absolute atomic E-state index is 0.0464. The number of H-pyrrole nitrogens is 1. The van der Waals surface area contributed by atoms with Crippen LogP contribution in [0.5, 0.6) is 0 Å². The van der Waals surface area contributed by atoms with Crippen molar-refractivity contribution in [2.45, 2.75) is 25.7 Å². The molecule has 0 unspecified atom stereocenters. The Morgan fingerprint density at radius 2 is 2.11 bits per heavy atom. The molecule has 1 saturated carbocycles. The quantitative estimate of drug-likeness (QED) is 0.731. The monoisotopic (exact) mass is 249 g/mol. The van der Waals surface area contributed by atoms with Crippen LogP contribution in [-0.4, -0.2) is 24.0 Å². The summed E-state index contributed by atoms with van der Waals surface area (Å²) in [5.74, 6) is -0.243. The van der Waals surface area contributed by atoms with Gasteiger partial charge < -0.3 is 16.0 Å². The van der Waals surface area contributed by atoms with E-state index in [0.717, 1.165) is 12.8 Å². The van der Waals surface area contributed by atoms with Gasteiger partial charge in [-0.25, -0.2) is 0 Å². The predicted molar refractivity (Wildman–Crippen MR) is 69.4 cm³/mol. The highest BCUT2D eigenvalue weighted by atomic mass is 16.2. The first kappa shape index (κ1) is 12.8. The molecule has 1 aliphatic carbocycles. The fourth-order valence-corrected chi connectivity index (χ4v) is 2.52. The summed E-state index contributed by atoms with van der Waals surface area (Å²) < 4.78 is 0. The lowest BCUT2D eigenvalue weighted by atomic mass is 9.86. The minimum Gasteiger partial charge on any atom is -0.350 e. The zero-order valence-corrected chi connectivity index (χ0v) is 10.4. The van der Waals surface area contributed by atoms with Gasteiger partial charge in [0.05, 0.1) is 0 Å². The number of hydrogen-bond donors (Lipinski definition) is 3. The van der Waals surface area contributed by atoms with Crippen LogP contribution in [0.25, 0.3) is 0 Å². The van der Waals surface area contributed by atoms with E-state index in [1.54, 1.807) is 12.1 Å². The Morgan fingerprint density at radius 1 is 1.39 bits per heavy atom. The zero-order chi connectivity index (χ0) is 13.0. The number of carbonyl (C=O) groups is 1. The Balaban J connectivity index is 1.98. The predicted octanol–water partition coefficient (Wildman–Crippen LogP) is 0.624. The standard InChI is InChI=1S/C13H19N3O2/c14-8-13(6-1-2-7-13)9-15-12(18)10-4-3-5-11(17)16-10/h3-5H,1-2,6-9,14H2,(H,15,18)(H,16,17). The molecule has 0 aromatic carbocycles. The number of aromatic nitrogens is 1. The van der Waals surface area contributed by atoms with E-state index < -0.39 is 0 Å². The second kappa shape index (κ2) is 5.35. The van der Waals surface area contributed by atoms with Crippen molar-refractivity contribution in [1.82, 2.24) is 10.3 Å². The molecule has 5 heteroatoms. The number of nitrogens with two attached hydrogens (primary N) is 1. The zero-order valence-electron chi connectivity index (χ0n) is 10.4. The van der Waals surface area contributed by atoms with Gasteiger partial charge in [0.1, 0.15) is 5.69 Å². The summed E-state index contributed by atoms with van der Waals surface area (Å²) in [6.45, 7) is 1.18. The van der Waals surface area contributed by atoms with Crippen LogP contribution in [0.3, 0.4) is 0 Å². The van der Waals surface area contributed by atoms with E-state index in [-0.39, 0.29) is 16.9 Å². The van der Waals surface area contributed by atoms with Crippen molar-refractivity contribution in [1.29, 1.82) is 0 Å². The number of carbonyl (C=O) groups excluding carboxylic acids is 1. The van der Waals surface area contributed by atoms with Crippen molar-refractivity contribution in [3.05, 3.63) is 34.2 Å². The molecule has 1 aromatic heterocycles. The summed E-state index contributed by atoms with van der Waals surface area (Å²) in [5.41, 5.74) is 5.89. The number of hydrogen-bond acceptors (Lipinski definition) is 3. The molecular weight excluding hydrogens is 230 g/mol. The van der Waals surface area contributed by atoms with Crippen LogP contribution in [0.4, 0.5) is 0 Å². The Kier molecular flexibility index (Phi) is 3.81. The molecule has 5 nitrogen and oxygen atoms in total. The van der Waals surface area contributed by atoms with E-state index in [0.29, 0.717) is 18.8 Å². The van der Waals surface area contributed by atoms with Crippen molar-refractivity contribution in [2.75, 3.05) is 13.1 Å². The fraction of sp³-hybridized carbons (Fsp3) is 0.538. The molecule has 4 N–H and O–H groups in total. The molecule has 2 rings (SSSR count). The molecular formula is C13H19N3O2. The fourth-order valence-electron chi connectivity index (χ4n) is 2.52. The van der Waals surface area contributed by atoms with Gasteiger partial charge in [-0.1, -0.05) is 18.9 Å². The first-order valence-electron chi connectivity index (χ1n) is 6.33. The molecule has 0 saturated heterocycles. The lowest BCUT2D eigenvalue weighted by molar-refractivity contribution is 0.0927. The maximum absolute atomic E-state index is 11.9. The van der Waals surface area contributed by atoms with E-state index in [1.165, 1.54) is 18.9 Å². The normalized spacial score (nSPS) is 17.6. The van der Waals surface area contributed by atoms with Crippen LogP contribution in [0.1, 0.15) is 36.2 Å². The molecule has 1 aromatic rings. The topological polar surface area (TPSA) is 88.0 Å².